The molecule has 7 nitrogen and oxygen atoms in total. The Labute approximate surface area is 166 Å². The van der Waals surface area contributed by atoms with Crippen molar-refractivity contribution in [3.63, 3.8) is 0 Å². The molecule has 8 heteroatoms. The van der Waals surface area contributed by atoms with Crippen LogP contribution in [0.25, 0.3) is 0 Å². The molecule has 1 fully saturated rings. The van der Waals surface area contributed by atoms with Gasteiger partial charge in [0.25, 0.3) is 5.91 Å². The standard InChI is InChI=1S/C19H29N3O4.ClH/c1-12(23)21-14-8-9-17(26-2)16(11-14)22-19(25)18(24)15(20)10-13-6-4-3-5-7-13;/h8-9,11,13,15,18,24H,3-7,10,20H2,1-2H3,(H,21,23)(H,22,25);1H/t15-,18?;/m1./s1. The lowest BCUT2D eigenvalue weighted by Crippen LogP contribution is -2.44. The summed E-state index contributed by atoms with van der Waals surface area (Å²) >= 11 is 0. The lowest BCUT2D eigenvalue weighted by molar-refractivity contribution is -0.125. The van der Waals surface area contributed by atoms with Crippen molar-refractivity contribution >= 4 is 35.6 Å². The second-order valence-corrected chi connectivity index (χ2v) is 6.93. The fraction of sp³-hybridized carbons (Fsp3) is 0.579. The molecule has 0 heterocycles. The molecule has 2 amide bonds. The van der Waals surface area contributed by atoms with Crippen LogP contribution in [0.2, 0.25) is 0 Å². The van der Waals surface area contributed by atoms with E-state index in [1.165, 1.54) is 33.3 Å². The summed E-state index contributed by atoms with van der Waals surface area (Å²) in [6.07, 6.45) is 5.17. The molecule has 0 bridgehead atoms. The van der Waals surface area contributed by atoms with Gasteiger partial charge in [0.2, 0.25) is 5.91 Å². The number of methoxy groups -OCH3 is 1. The maximum absolute atomic E-state index is 12.4. The lowest BCUT2D eigenvalue weighted by atomic mass is 9.84. The van der Waals surface area contributed by atoms with Crippen LogP contribution in [0.3, 0.4) is 0 Å². The maximum atomic E-state index is 12.4. The smallest absolute Gasteiger partial charge is 0.254 e. The Morgan fingerprint density at radius 3 is 2.52 bits per heavy atom. The highest BCUT2D eigenvalue weighted by Gasteiger charge is 2.27. The molecule has 27 heavy (non-hydrogen) atoms. The molecule has 1 aromatic rings. The lowest BCUT2D eigenvalue weighted by Gasteiger charge is -2.26. The number of carbonyl (C=O) groups excluding carboxylic acids is 2. The van der Waals surface area contributed by atoms with Crippen molar-refractivity contribution < 1.29 is 19.4 Å². The number of nitrogens with one attached hydrogen (secondary N) is 2. The van der Waals surface area contributed by atoms with E-state index in [1.54, 1.807) is 18.2 Å². The summed E-state index contributed by atoms with van der Waals surface area (Å²) in [5.41, 5.74) is 6.96. The molecular formula is C19H30ClN3O4. The third-order valence-corrected chi connectivity index (χ3v) is 4.78. The van der Waals surface area contributed by atoms with Gasteiger partial charge in [-0.2, -0.15) is 0 Å². The number of ether oxygens (including phenoxy) is 1. The summed E-state index contributed by atoms with van der Waals surface area (Å²) in [6, 6.07) is 4.27. The number of nitrogens with two attached hydrogens (primary N) is 1. The minimum atomic E-state index is -1.30. The van der Waals surface area contributed by atoms with Gasteiger partial charge in [-0.25, -0.2) is 0 Å². The summed E-state index contributed by atoms with van der Waals surface area (Å²) in [7, 11) is 1.48. The molecule has 0 saturated heterocycles. The predicted molar refractivity (Wildman–Crippen MR) is 108 cm³/mol. The van der Waals surface area contributed by atoms with Crippen molar-refractivity contribution in [1.29, 1.82) is 0 Å². The molecule has 2 rings (SSSR count). The van der Waals surface area contributed by atoms with Gasteiger partial charge >= 0.3 is 0 Å². The summed E-state index contributed by atoms with van der Waals surface area (Å²) < 4.78 is 5.23. The van der Waals surface area contributed by atoms with Crippen molar-refractivity contribution in [1.82, 2.24) is 0 Å². The molecule has 5 N–H and O–H groups in total. The van der Waals surface area contributed by atoms with Crippen LogP contribution in [0, 0.1) is 5.92 Å². The fourth-order valence-electron chi connectivity index (χ4n) is 3.42. The molecule has 1 aliphatic carbocycles. The summed E-state index contributed by atoms with van der Waals surface area (Å²) in [6.45, 7) is 1.40. The zero-order valence-corrected chi connectivity index (χ0v) is 16.7. The third-order valence-electron chi connectivity index (χ3n) is 4.78. The molecule has 1 aliphatic rings. The molecule has 1 saturated carbocycles. The number of hydrogen-bond donors (Lipinski definition) is 4. The maximum Gasteiger partial charge on any atom is 0.254 e. The van der Waals surface area contributed by atoms with Gasteiger partial charge in [-0.15, -0.1) is 12.4 Å². The SMILES string of the molecule is COc1ccc(NC(C)=O)cc1NC(=O)C(O)[C@H](N)CC1CCCCC1.Cl. The van der Waals surface area contributed by atoms with E-state index in [0.29, 0.717) is 29.5 Å². The number of halogens is 1. The Bertz CT molecular complexity index is 635. The molecule has 0 spiro atoms. The number of anilines is 2. The molecule has 1 aromatic carbocycles. The number of amides is 2. The van der Waals surface area contributed by atoms with E-state index >= 15 is 0 Å². The van der Waals surface area contributed by atoms with Crippen LogP contribution in [0.1, 0.15) is 45.4 Å². The third kappa shape index (κ3) is 7.01. The van der Waals surface area contributed by atoms with Gasteiger partial charge < -0.3 is 26.2 Å². The van der Waals surface area contributed by atoms with E-state index in [0.717, 1.165) is 12.8 Å². The van der Waals surface area contributed by atoms with Gasteiger partial charge in [-0.3, -0.25) is 9.59 Å². The second kappa shape index (κ2) is 11.1. The van der Waals surface area contributed by atoms with E-state index in [9.17, 15) is 14.7 Å². The molecule has 0 aliphatic heterocycles. The molecular weight excluding hydrogens is 370 g/mol. The monoisotopic (exact) mass is 399 g/mol. The number of carbonyl (C=O) groups is 2. The topological polar surface area (TPSA) is 114 Å². The molecule has 1 unspecified atom stereocenters. The quantitative estimate of drug-likeness (QED) is 0.562. The van der Waals surface area contributed by atoms with Crippen LogP contribution < -0.4 is 21.1 Å². The number of hydrogen-bond acceptors (Lipinski definition) is 5. The highest BCUT2D eigenvalue weighted by atomic mass is 35.5. The first-order chi connectivity index (χ1) is 12.4. The van der Waals surface area contributed by atoms with Crippen LogP contribution in [-0.2, 0) is 9.59 Å². The highest BCUT2D eigenvalue weighted by Crippen LogP contribution is 2.29. The zero-order valence-electron chi connectivity index (χ0n) is 15.9. The average Bonchev–Trinajstić information content (AvgIpc) is 2.61. The Morgan fingerprint density at radius 1 is 1.26 bits per heavy atom. The minimum absolute atomic E-state index is 0. The molecule has 0 radical (unpaired) electrons. The van der Waals surface area contributed by atoms with Crippen LogP contribution in [0.4, 0.5) is 11.4 Å². The Kier molecular flexibility index (Phi) is 9.55. The van der Waals surface area contributed by atoms with E-state index < -0.39 is 18.1 Å². The number of aliphatic hydroxyl groups is 1. The van der Waals surface area contributed by atoms with E-state index in [1.807, 2.05) is 0 Å². The van der Waals surface area contributed by atoms with Gasteiger partial charge in [0.05, 0.1) is 12.8 Å². The molecule has 152 valence electrons. The Balaban J connectivity index is 0.00000364. The Morgan fingerprint density at radius 2 is 1.93 bits per heavy atom. The molecule has 0 aromatic heterocycles. The van der Waals surface area contributed by atoms with E-state index in [2.05, 4.69) is 10.6 Å². The van der Waals surface area contributed by atoms with Gasteiger partial charge in [-0.1, -0.05) is 32.1 Å². The normalized spacial score (nSPS) is 16.6. The van der Waals surface area contributed by atoms with Crippen LogP contribution in [-0.4, -0.2) is 36.2 Å². The van der Waals surface area contributed by atoms with Crippen LogP contribution >= 0.6 is 12.4 Å². The first kappa shape index (κ1) is 23.2. The summed E-state index contributed by atoms with van der Waals surface area (Å²) in [5, 5.41) is 15.6. The van der Waals surface area contributed by atoms with Gasteiger partial charge in [-0.05, 0) is 30.5 Å². The van der Waals surface area contributed by atoms with Crippen molar-refractivity contribution in [2.75, 3.05) is 17.7 Å². The number of aliphatic hydroxyl groups excluding tert-OH is 1. The minimum Gasteiger partial charge on any atom is -0.495 e. The highest BCUT2D eigenvalue weighted by molar-refractivity contribution is 5.97. The Hall–Kier alpha value is -1.83. The molecule has 2 atom stereocenters. The van der Waals surface area contributed by atoms with E-state index in [4.69, 9.17) is 10.5 Å². The van der Waals surface area contributed by atoms with Crippen molar-refractivity contribution in [2.24, 2.45) is 11.7 Å². The summed E-state index contributed by atoms with van der Waals surface area (Å²) in [5.74, 6) is 0.105. The van der Waals surface area contributed by atoms with Crippen molar-refractivity contribution in [3.8, 4) is 5.75 Å². The fourth-order valence-corrected chi connectivity index (χ4v) is 3.42. The van der Waals surface area contributed by atoms with Gasteiger partial charge in [0.15, 0.2) is 0 Å². The zero-order chi connectivity index (χ0) is 19.1. The second-order valence-electron chi connectivity index (χ2n) is 6.93. The average molecular weight is 400 g/mol. The first-order valence-electron chi connectivity index (χ1n) is 9.11. The van der Waals surface area contributed by atoms with Crippen LogP contribution in [0.15, 0.2) is 18.2 Å². The van der Waals surface area contributed by atoms with Crippen LogP contribution in [0.5, 0.6) is 5.75 Å². The number of rotatable bonds is 7. The van der Waals surface area contributed by atoms with Gasteiger partial charge in [0.1, 0.15) is 11.9 Å². The van der Waals surface area contributed by atoms with Crippen molar-refractivity contribution in [3.05, 3.63) is 18.2 Å². The van der Waals surface area contributed by atoms with Crippen molar-refractivity contribution in [2.45, 2.75) is 57.6 Å². The largest absolute Gasteiger partial charge is 0.495 e. The van der Waals surface area contributed by atoms with Gasteiger partial charge in [0, 0.05) is 18.7 Å². The number of benzene rings is 1. The first-order valence-corrected chi connectivity index (χ1v) is 9.11. The van der Waals surface area contributed by atoms with E-state index in [-0.39, 0.29) is 18.3 Å². The summed E-state index contributed by atoms with van der Waals surface area (Å²) in [4.78, 5) is 23.6. The predicted octanol–water partition coefficient (Wildman–Crippen LogP) is 2.67.